The zero-order chi connectivity index (χ0) is 15.5. The largest absolute Gasteiger partial charge is 0.497 e. The maximum Gasteiger partial charge on any atom is 0.270 e. The van der Waals surface area contributed by atoms with Gasteiger partial charge in [0.25, 0.3) is 11.8 Å². The van der Waals surface area contributed by atoms with Crippen molar-refractivity contribution < 1.29 is 9.26 Å². The van der Waals surface area contributed by atoms with Gasteiger partial charge in [0.05, 0.1) is 7.11 Å². The summed E-state index contributed by atoms with van der Waals surface area (Å²) in [6, 6.07) is 9.26. The number of rotatable bonds is 4. The highest BCUT2D eigenvalue weighted by atomic mass is 16.5. The Morgan fingerprint density at radius 2 is 1.64 bits per heavy atom. The first-order chi connectivity index (χ1) is 10.6. The first-order valence-electron chi connectivity index (χ1n) is 6.71. The number of hydrogen-bond acceptors (Lipinski definition) is 7. The topological polar surface area (TPSA) is 86.0 Å². The Hall–Kier alpha value is -2.96. The molecule has 0 amide bonds. The van der Waals surface area contributed by atoms with Crippen LogP contribution in [0.3, 0.4) is 0 Å². The molecule has 7 nitrogen and oxygen atoms in total. The van der Waals surface area contributed by atoms with Crippen molar-refractivity contribution in [3.05, 3.63) is 41.7 Å². The second-order valence-electron chi connectivity index (χ2n) is 4.75. The van der Waals surface area contributed by atoms with E-state index in [-0.39, 0.29) is 0 Å². The molecule has 0 spiro atoms. The number of aryl methyl sites for hydroxylation is 2. The molecule has 0 unspecified atom stereocenters. The second kappa shape index (κ2) is 5.80. The minimum Gasteiger partial charge on any atom is -0.497 e. The maximum atomic E-state index is 5.24. The quantitative estimate of drug-likeness (QED) is 0.792. The van der Waals surface area contributed by atoms with Gasteiger partial charge in [0, 0.05) is 17.0 Å². The van der Waals surface area contributed by atoms with Crippen LogP contribution in [0.4, 0.5) is 11.9 Å². The highest BCUT2D eigenvalue weighted by Gasteiger charge is 2.10. The van der Waals surface area contributed by atoms with Gasteiger partial charge in [0.15, 0.2) is 0 Å². The number of ether oxygens (including phenoxy) is 1. The van der Waals surface area contributed by atoms with Crippen LogP contribution in [-0.4, -0.2) is 27.2 Å². The van der Waals surface area contributed by atoms with Crippen molar-refractivity contribution >= 4 is 11.9 Å². The van der Waals surface area contributed by atoms with Gasteiger partial charge in [-0.1, -0.05) is 0 Å². The normalized spacial score (nSPS) is 10.5. The van der Waals surface area contributed by atoms with E-state index in [0.29, 0.717) is 17.8 Å². The van der Waals surface area contributed by atoms with Crippen LogP contribution in [0.15, 0.2) is 34.9 Å². The molecule has 0 bridgehead atoms. The summed E-state index contributed by atoms with van der Waals surface area (Å²) in [6.45, 7) is 3.80. The van der Waals surface area contributed by atoms with Crippen LogP contribution in [0.2, 0.25) is 0 Å². The molecule has 0 saturated carbocycles. The monoisotopic (exact) mass is 297 g/mol. The number of aromatic nitrogens is 4. The average Bonchev–Trinajstić information content (AvgIpc) is 2.95. The molecule has 1 N–H and O–H groups in total. The van der Waals surface area contributed by atoms with Crippen LogP contribution < -0.4 is 10.1 Å². The molecule has 1 aromatic carbocycles. The summed E-state index contributed by atoms with van der Waals surface area (Å²) < 4.78 is 10.4. The minimum absolute atomic E-state index is 0.316. The van der Waals surface area contributed by atoms with E-state index in [1.165, 1.54) is 0 Å². The molecule has 0 saturated heterocycles. The fraction of sp³-hybridized carbons (Fsp3) is 0.200. The van der Waals surface area contributed by atoms with Gasteiger partial charge >= 0.3 is 0 Å². The summed E-state index contributed by atoms with van der Waals surface area (Å²) in [4.78, 5) is 12.8. The third-order valence-corrected chi connectivity index (χ3v) is 2.97. The fourth-order valence-electron chi connectivity index (χ4n) is 2.01. The fourth-order valence-corrected chi connectivity index (χ4v) is 2.01. The van der Waals surface area contributed by atoms with Crippen molar-refractivity contribution in [2.24, 2.45) is 0 Å². The van der Waals surface area contributed by atoms with E-state index in [9.17, 15) is 0 Å². The number of hydrogen-bond donors (Lipinski definition) is 1. The van der Waals surface area contributed by atoms with E-state index in [0.717, 1.165) is 22.7 Å². The zero-order valence-corrected chi connectivity index (χ0v) is 12.5. The molecule has 3 rings (SSSR count). The summed E-state index contributed by atoms with van der Waals surface area (Å²) >= 11 is 0. The first-order valence-corrected chi connectivity index (χ1v) is 6.71. The molecule has 0 aliphatic carbocycles. The van der Waals surface area contributed by atoms with Gasteiger partial charge in [-0.05, 0) is 49.3 Å². The second-order valence-corrected chi connectivity index (χ2v) is 4.75. The molecule has 3 aromatic rings. The van der Waals surface area contributed by atoms with E-state index in [4.69, 9.17) is 9.26 Å². The van der Waals surface area contributed by atoms with Gasteiger partial charge in [0.2, 0.25) is 5.95 Å². The Labute approximate surface area is 127 Å². The van der Waals surface area contributed by atoms with E-state index < -0.39 is 0 Å². The van der Waals surface area contributed by atoms with E-state index in [2.05, 4.69) is 25.4 Å². The summed E-state index contributed by atoms with van der Waals surface area (Å²) in [6.07, 6.45) is 0. The Kier molecular flexibility index (Phi) is 3.69. The Bertz CT molecular complexity index is 763. The molecule has 0 aliphatic heterocycles. The minimum atomic E-state index is 0.316. The summed E-state index contributed by atoms with van der Waals surface area (Å²) in [5.41, 5.74) is 2.55. The van der Waals surface area contributed by atoms with Crippen LogP contribution in [-0.2, 0) is 0 Å². The maximum absolute atomic E-state index is 5.24. The van der Waals surface area contributed by atoms with Gasteiger partial charge in [-0.2, -0.15) is 4.98 Å². The number of nitrogens with one attached hydrogen (secondary N) is 1. The SMILES string of the molecule is COc1ccc(-c2nc(Nc3nc(C)cc(C)n3)no2)cc1. The highest BCUT2D eigenvalue weighted by molar-refractivity contribution is 5.56. The van der Waals surface area contributed by atoms with Gasteiger partial charge < -0.3 is 9.26 Å². The van der Waals surface area contributed by atoms with Crippen molar-refractivity contribution in [2.75, 3.05) is 12.4 Å². The van der Waals surface area contributed by atoms with E-state index >= 15 is 0 Å². The number of benzene rings is 1. The smallest absolute Gasteiger partial charge is 0.270 e. The lowest BCUT2D eigenvalue weighted by atomic mass is 10.2. The first kappa shape index (κ1) is 14.0. The van der Waals surface area contributed by atoms with Crippen molar-refractivity contribution in [3.8, 4) is 17.2 Å². The molecular weight excluding hydrogens is 282 g/mol. The van der Waals surface area contributed by atoms with Gasteiger partial charge in [0.1, 0.15) is 5.75 Å². The van der Waals surface area contributed by atoms with Gasteiger partial charge in [-0.25, -0.2) is 9.97 Å². The number of methoxy groups -OCH3 is 1. The third-order valence-electron chi connectivity index (χ3n) is 2.97. The zero-order valence-electron chi connectivity index (χ0n) is 12.5. The Morgan fingerprint density at radius 3 is 2.27 bits per heavy atom. The van der Waals surface area contributed by atoms with E-state index in [1.54, 1.807) is 7.11 Å². The summed E-state index contributed by atoms with van der Waals surface area (Å²) in [7, 11) is 1.62. The lowest BCUT2D eigenvalue weighted by Gasteiger charge is -2.01. The summed E-state index contributed by atoms with van der Waals surface area (Å²) in [5, 5.41) is 6.82. The van der Waals surface area contributed by atoms with Crippen LogP contribution >= 0.6 is 0 Å². The molecule has 2 heterocycles. The van der Waals surface area contributed by atoms with Gasteiger partial charge in [-0.15, -0.1) is 0 Å². The molecule has 0 aliphatic rings. The van der Waals surface area contributed by atoms with Crippen LogP contribution in [0, 0.1) is 13.8 Å². The third kappa shape index (κ3) is 3.03. The average molecular weight is 297 g/mol. The lowest BCUT2D eigenvalue weighted by Crippen LogP contribution is -2.01. The Balaban J connectivity index is 1.80. The molecule has 0 radical (unpaired) electrons. The van der Waals surface area contributed by atoms with Gasteiger partial charge in [-0.3, -0.25) is 5.32 Å². The number of anilines is 2. The van der Waals surface area contributed by atoms with Crippen molar-refractivity contribution in [1.29, 1.82) is 0 Å². The molecule has 112 valence electrons. The molecule has 22 heavy (non-hydrogen) atoms. The van der Waals surface area contributed by atoms with Crippen molar-refractivity contribution in [3.63, 3.8) is 0 Å². The van der Waals surface area contributed by atoms with Crippen LogP contribution in [0.5, 0.6) is 5.75 Å². The van der Waals surface area contributed by atoms with E-state index in [1.807, 2.05) is 44.2 Å². The molecule has 7 heteroatoms. The van der Waals surface area contributed by atoms with Crippen molar-refractivity contribution in [1.82, 2.24) is 20.1 Å². The Morgan fingerprint density at radius 1 is 0.955 bits per heavy atom. The van der Waals surface area contributed by atoms with Crippen LogP contribution in [0.25, 0.3) is 11.5 Å². The van der Waals surface area contributed by atoms with Crippen molar-refractivity contribution in [2.45, 2.75) is 13.8 Å². The van der Waals surface area contributed by atoms with Crippen LogP contribution in [0.1, 0.15) is 11.4 Å². The number of nitrogens with zero attached hydrogens (tertiary/aromatic N) is 4. The molecular formula is C15H15N5O2. The summed E-state index contributed by atoms with van der Waals surface area (Å²) in [5.74, 6) is 1.94. The molecule has 0 fully saturated rings. The molecule has 0 atom stereocenters. The highest BCUT2D eigenvalue weighted by Crippen LogP contribution is 2.22. The molecule has 2 aromatic heterocycles. The lowest BCUT2D eigenvalue weighted by molar-refractivity contribution is 0.414. The predicted molar refractivity (Wildman–Crippen MR) is 81.1 cm³/mol. The predicted octanol–water partition coefficient (Wildman–Crippen LogP) is 2.90. The standard InChI is InChI=1S/C15H15N5O2/c1-9-8-10(2)17-14(16-9)19-15-18-13(22-20-15)11-4-6-12(21-3)7-5-11/h4-8H,1-3H3,(H,16,17,19,20).